The number of allylic oxidation sites excluding steroid dienone is 2. The molecule has 3 heterocycles. The molecule has 0 N–H and O–H groups in total. The number of hydrogen-bond donors (Lipinski definition) is 0. The average molecular weight is 223 g/mol. The van der Waals surface area contributed by atoms with Gasteiger partial charge in [0.05, 0.1) is 0 Å². The van der Waals surface area contributed by atoms with Crippen molar-refractivity contribution in [2.75, 3.05) is 0 Å². The molecule has 0 radical (unpaired) electrons. The maximum Gasteiger partial charge on any atom is 0.208 e. The summed E-state index contributed by atoms with van der Waals surface area (Å²) in [7, 11) is 0. The van der Waals surface area contributed by atoms with Crippen molar-refractivity contribution in [1.82, 2.24) is 4.98 Å². The highest BCUT2D eigenvalue weighted by atomic mass is 15.0. The highest BCUT2D eigenvalue weighted by Crippen LogP contribution is 2.29. The maximum absolute atomic E-state index is 4.07. The fourth-order valence-corrected chi connectivity index (χ4v) is 2.46. The summed E-state index contributed by atoms with van der Waals surface area (Å²) in [6.45, 7) is 3.29. The molecule has 0 aromatic carbocycles. The fraction of sp³-hybridized carbons (Fsp3) is 0.200. The molecule has 2 aromatic heterocycles. The van der Waals surface area contributed by atoms with Crippen LogP contribution in [0.3, 0.4) is 0 Å². The van der Waals surface area contributed by atoms with Crippen LogP contribution in [0.2, 0.25) is 0 Å². The zero-order valence-corrected chi connectivity index (χ0v) is 9.93. The van der Waals surface area contributed by atoms with Gasteiger partial charge in [-0.3, -0.25) is 4.98 Å². The molecule has 2 aromatic rings. The van der Waals surface area contributed by atoms with Crippen LogP contribution in [0.1, 0.15) is 24.6 Å². The molecule has 2 nitrogen and oxygen atoms in total. The van der Waals surface area contributed by atoms with E-state index in [4.69, 9.17) is 0 Å². The SMILES string of the molecule is CC(=C1CC[n+]2ccccc21)c1ccncc1. The Morgan fingerprint density at radius 3 is 2.82 bits per heavy atom. The summed E-state index contributed by atoms with van der Waals surface area (Å²) in [6.07, 6.45) is 6.99. The number of nitrogens with zero attached hydrogens (tertiary/aromatic N) is 2. The third kappa shape index (κ3) is 1.76. The molecule has 17 heavy (non-hydrogen) atoms. The van der Waals surface area contributed by atoms with Crippen molar-refractivity contribution in [3.8, 4) is 0 Å². The van der Waals surface area contributed by atoms with Crippen molar-refractivity contribution in [2.45, 2.75) is 19.9 Å². The van der Waals surface area contributed by atoms with Gasteiger partial charge in [-0.05, 0) is 36.3 Å². The van der Waals surface area contributed by atoms with Gasteiger partial charge in [-0.25, -0.2) is 0 Å². The van der Waals surface area contributed by atoms with Crippen LogP contribution in [0.15, 0.2) is 48.9 Å². The molecule has 0 saturated carbocycles. The van der Waals surface area contributed by atoms with Gasteiger partial charge in [-0.15, -0.1) is 0 Å². The van der Waals surface area contributed by atoms with Crippen LogP contribution in [0.5, 0.6) is 0 Å². The molecule has 3 rings (SSSR count). The molecule has 2 heteroatoms. The molecule has 0 aliphatic carbocycles. The van der Waals surface area contributed by atoms with Gasteiger partial charge in [0.25, 0.3) is 0 Å². The lowest BCUT2D eigenvalue weighted by Crippen LogP contribution is -2.31. The normalized spacial score (nSPS) is 16.8. The van der Waals surface area contributed by atoms with Crippen LogP contribution in [0.25, 0.3) is 11.1 Å². The molecular weight excluding hydrogens is 208 g/mol. The summed E-state index contributed by atoms with van der Waals surface area (Å²) < 4.78 is 2.32. The molecule has 0 fully saturated rings. The molecular formula is C15H15N2+. The third-order valence-corrected chi connectivity index (χ3v) is 3.42. The Morgan fingerprint density at radius 2 is 2.00 bits per heavy atom. The minimum atomic E-state index is 1.09. The van der Waals surface area contributed by atoms with Gasteiger partial charge in [0.2, 0.25) is 5.69 Å². The van der Waals surface area contributed by atoms with Gasteiger partial charge >= 0.3 is 0 Å². The first kappa shape index (κ1) is 10.2. The van der Waals surface area contributed by atoms with Crippen molar-refractivity contribution in [3.05, 3.63) is 60.2 Å². The summed E-state index contributed by atoms with van der Waals surface area (Å²) in [4.78, 5) is 4.07. The number of hydrogen-bond acceptors (Lipinski definition) is 1. The van der Waals surface area contributed by atoms with Gasteiger partial charge < -0.3 is 0 Å². The Hall–Kier alpha value is -1.96. The van der Waals surface area contributed by atoms with E-state index < -0.39 is 0 Å². The van der Waals surface area contributed by atoms with Crippen LogP contribution < -0.4 is 4.57 Å². The number of pyridine rings is 2. The van der Waals surface area contributed by atoms with Gasteiger partial charge in [0, 0.05) is 36.5 Å². The quantitative estimate of drug-likeness (QED) is 0.679. The Bertz CT molecular complexity index is 570. The van der Waals surface area contributed by atoms with Crippen LogP contribution in [-0.2, 0) is 6.54 Å². The summed E-state index contributed by atoms with van der Waals surface area (Å²) >= 11 is 0. The predicted octanol–water partition coefficient (Wildman–Crippen LogP) is 2.70. The number of aryl methyl sites for hydroxylation is 1. The molecule has 0 bridgehead atoms. The zero-order valence-electron chi connectivity index (χ0n) is 9.93. The van der Waals surface area contributed by atoms with Gasteiger partial charge in [0.15, 0.2) is 12.7 Å². The van der Waals surface area contributed by atoms with Crippen molar-refractivity contribution in [3.63, 3.8) is 0 Å². The first-order valence-electron chi connectivity index (χ1n) is 5.95. The molecule has 84 valence electrons. The lowest BCUT2D eigenvalue weighted by molar-refractivity contribution is -0.689. The standard InChI is InChI=1S/C15H15N2/c1-12(13-5-8-16-9-6-13)14-7-11-17-10-3-2-4-15(14)17/h2-6,8-10H,7,11H2,1H3/q+1. The second-order valence-electron chi connectivity index (χ2n) is 4.37. The topological polar surface area (TPSA) is 16.8 Å². The zero-order chi connectivity index (χ0) is 11.7. The Kier molecular flexibility index (Phi) is 2.48. The highest BCUT2D eigenvalue weighted by molar-refractivity contribution is 5.88. The minimum absolute atomic E-state index is 1.09. The maximum atomic E-state index is 4.07. The number of fused-ring (bicyclic) bond motifs is 1. The second kappa shape index (κ2) is 4.13. The van der Waals surface area contributed by atoms with E-state index in [0.717, 1.165) is 13.0 Å². The van der Waals surface area contributed by atoms with Crippen LogP contribution in [0, 0.1) is 0 Å². The van der Waals surface area contributed by atoms with E-state index in [-0.39, 0.29) is 0 Å². The molecule has 0 unspecified atom stereocenters. The van der Waals surface area contributed by atoms with Crippen molar-refractivity contribution in [2.24, 2.45) is 0 Å². The van der Waals surface area contributed by atoms with Crippen LogP contribution in [0.4, 0.5) is 0 Å². The van der Waals surface area contributed by atoms with E-state index in [1.54, 1.807) is 0 Å². The Labute approximate surface area is 101 Å². The van der Waals surface area contributed by atoms with E-state index in [0.29, 0.717) is 0 Å². The minimum Gasteiger partial charge on any atom is -0.265 e. The Morgan fingerprint density at radius 1 is 1.18 bits per heavy atom. The largest absolute Gasteiger partial charge is 0.265 e. The van der Waals surface area contributed by atoms with Gasteiger partial charge in [0.1, 0.15) is 0 Å². The Balaban J connectivity index is 2.12. The molecule has 1 aliphatic rings. The summed E-state index contributed by atoms with van der Waals surface area (Å²) in [5.74, 6) is 0. The molecule has 1 aliphatic heterocycles. The van der Waals surface area contributed by atoms with Crippen molar-refractivity contribution < 1.29 is 4.57 Å². The van der Waals surface area contributed by atoms with Crippen molar-refractivity contribution >= 4 is 11.1 Å². The summed E-state index contributed by atoms with van der Waals surface area (Å²) in [5.41, 5.74) is 5.44. The highest BCUT2D eigenvalue weighted by Gasteiger charge is 2.25. The average Bonchev–Trinajstić information content (AvgIpc) is 2.83. The first-order chi connectivity index (χ1) is 8.36. The molecule has 0 atom stereocenters. The third-order valence-electron chi connectivity index (χ3n) is 3.42. The lowest BCUT2D eigenvalue weighted by Gasteiger charge is -2.03. The van der Waals surface area contributed by atoms with E-state index in [2.05, 4.69) is 53.0 Å². The van der Waals surface area contributed by atoms with Gasteiger partial charge in [-0.1, -0.05) is 0 Å². The van der Waals surface area contributed by atoms with E-state index >= 15 is 0 Å². The van der Waals surface area contributed by atoms with Crippen LogP contribution in [-0.4, -0.2) is 4.98 Å². The number of rotatable bonds is 1. The predicted molar refractivity (Wildman–Crippen MR) is 68.0 cm³/mol. The second-order valence-corrected chi connectivity index (χ2v) is 4.37. The molecule has 0 spiro atoms. The van der Waals surface area contributed by atoms with E-state index in [1.165, 1.54) is 22.4 Å². The summed E-state index contributed by atoms with van der Waals surface area (Å²) in [5, 5.41) is 0. The van der Waals surface area contributed by atoms with E-state index in [9.17, 15) is 0 Å². The fourth-order valence-electron chi connectivity index (χ4n) is 2.46. The van der Waals surface area contributed by atoms with Crippen LogP contribution >= 0.6 is 0 Å². The van der Waals surface area contributed by atoms with E-state index in [1.807, 2.05) is 12.4 Å². The number of aromatic nitrogens is 2. The first-order valence-corrected chi connectivity index (χ1v) is 5.95. The smallest absolute Gasteiger partial charge is 0.208 e. The summed E-state index contributed by atoms with van der Waals surface area (Å²) in [6, 6.07) is 10.6. The van der Waals surface area contributed by atoms with Gasteiger partial charge in [-0.2, -0.15) is 4.57 Å². The van der Waals surface area contributed by atoms with Crippen molar-refractivity contribution in [1.29, 1.82) is 0 Å². The molecule has 0 saturated heterocycles. The monoisotopic (exact) mass is 223 g/mol. The lowest BCUT2D eigenvalue weighted by atomic mass is 9.99. The molecule has 0 amide bonds.